The number of benzene rings is 3. The zero-order chi connectivity index (χ0) is 25.2. The molecule has 0 aliphatic carbocycles. The van der Waals surface area contributed by atoms with Gasteiger partial charge in [-0.1, -0.05) is 30.3 Å². The Labute approximate surface area is 200 Å². The number of hydrogen-bond acceptors (Lipinski definition) is 6. The summed E-state index contributed by atoms with van der Waals surface area (Å²) in [5.41, 5.74) is 3.13. The van der Waals surface area contributed by atoms with E-state index in [-0.39, 0.29) is 10.6 Å². The van der Waals surface area contributed by atoms with Crippen LogP contribution in [-0.2, 0) is 9.84 Å². The van der Waals surface area contributed by atoms with E-state index in [0.29, 0.717) is 34.2 Å². The second-order valence-corrected chi connectivity index (χ2v) is 9.79. The number of ether oxygens (including phenoxy) is 1. The number of aromatic nitrogens is 2. The van der Waals surface area contributed by atoms with Crippen molar-refractivity contribution >= 4 is 21.3 Å². The highest BCUT2D eigenvalue weighted by Crippen LogP contribution is 2.30. The van der Waals surface area contributed by atoms with Gasteiger partial charge in [0.2, 0.25) is 0 Å². The summed E-state index contributed by atoms with van der Waals surface area (Å²) >= 11 is 0. The third-order valence-electron chi connectivity index (χ3n) is 5.03. The van der Waals surface area contributed by atoms with E-state index in [1.807, 2.05) is 30.3 Å². The lowest BCUT2D eigenvalue weighted by molar-refractivity contribution is -0.274. The summed E-state index contributed by atoms with van der Waals surface area (Å²) in [4.78, 5) is 9.39. The maximum Gasteiger partial charge on any atom is 0.573 e. The van der Waals surface area contributed by atoms with E-state index in [1.165, 1.54) is 30.3 Å². The van der Waals surface area contributed by atoms with Crippen LogP contribution in [0.4, 0.5) is 24.7 Å². The molecule has 0 spiro atoms. The highest BCUT2D eigenvalue weighted by atomic mass is 32.2. The second kappa shape index (κ2) is 9.38. The number of anilines is 2. The number of aryl methyl sites for hydroxylation is 1. The van der Waals surface area contributed by atoms with Crippen LogP contribution in [-0.4, -0.2) is 31.0 Å². The van der Waals surface area contributed by atoms with Crippen LogP contribution in [0.2, 0.25) is 0 Å². The maximum atomic E-state index is 12.5. The van der Waals surface area contributed by atoms with Gasteiger partial charge in [-0.3, -0.25) is 0 Å². The van der Waals surface area contributed by atoms with E-state index in [9.17, 15) is 21.6 Å². The Morgan fingerprint density at radius 2 is 1.54 bits per heavy atom. The normalized spacial score (nSPS) is 11.8. The van der Waals surface area contributed by atoms with Crippen LogP contribution >= 0.6 is 0 Å². The number of sulfone groups is 1. The molecule has 4 aromatic rings. The van der Waals surface area contributed by atoms with Crippen molar-refractivity contribution in [2.75, 3.05) is 11.6 Å². The van der Waals surface area contributed by atoms with Crippen LogP contribution in [0.25, 0.3) is 22.6 Å². The monoisotopic (exact) mass is 499 g/mol. The lowest BCUT2D eigenvalue weighted by Gasteiger charge is -2.13. The Morgan fingerprint density at radius 3 is 2.14 bits per heavy atom. The summed E-state index contributed by atoms with van der Waals surface area (Å²) in [6.45, 7) is 1.77. The largest absolute Gasteiger partial charge is 0.573 e. The van der Waals surface area contributed by atoms with Gasteiger partial charge in [0.1, 0.15) is 11.6 Å². The molecule has 1 aromatic heterocycles. The van der Waals surface area contributed by atoms with Gasteiger partial charge in [0.25, 0.3) is 0 Å². The fraction of sp³-hybridized carbons (Fsp3) is 0.120. The van der Waals surface area contributed by atoms with Gasteiger partial charge in [-0.05, 0) is 55.0 Å². The predicted octanol–water partition coefficient (Wildman–Crippen LogP) is 6.16. The summed E-state index contributed by atoms with van der Waals surface area (Å²) < 4.78 is 65.2. The molecule has 3 aromatic carbocycles. The third kappa shape index (κ3) is 6.15. The van der Waals surface area contributed by atoms with E-state index in [1.54, 1.807) is 25.1 Å². The van der Waals surface area contributed by atoms with Gasteiger partial charge < -0.3 is 10.1 Å². The summed E-state index contributed by atoms with van der Waals surface area (Å²) in [7, 11) is -3.35. The molecule has 0 saturated carbocycles. The van der Waals surface area contributed by atoms with Crippen LogP contribution in [0.1, 0.15) is 5.56 Å². The van der Waals surface area contributed by atoms with Gasteiger partial charge in [0.05, 0.1) is 10.6 Å². The molecule has 35 heavy (non-hydrogen) atoms. The molecule has 1 heterocycles. The summed E-state index contributed by atoms with van der Waals surface area (Å²) in [5.74, 6) is 0.504. The molecular weight excluding hydrogens is 479 g/mol. The minimum absolute atomic E-state index is 0.204. The highest BCUT2D eigenvalue weighted by Gasteiger charge is 2.31. The number of alkyl halides is 3. The first-order valence-electron chi connectivity index (χ1n) is 10.4. The number of nitrogens with one attached hydrogen (secondary N) is 1. The Balaban J connectivity index is 1.73. The molecular formula is C25H20F3N3O3S. The number of halogens is 3. The molecule has 0 amide bonds. The van der Waals surface area contributed by atoms with Crippen molar-refractivity contribution in [3.05, 3.63) is 84.4 Å². The Bertz CT molecular complexity index is 1460. The van der Waals surface area contributed by atoms with Crippen LogP contribution in [0, 0.1) is 6.92 Å². The minimum Gasteiger partial charge on any atom is -0.406 e. The smallest absolute Gasteiger partial charge is 0.406 e. The van der Waals surface area contributed by atoms with Crippen LogP contribution in [0.3, 0.4) is 0 Å². The molecule has 0 bridgehead atoms. The maximum absolute atomic E-state index is 12.5. The molecule has 0 unspecified atom stereocenters. The Hall–Kier alpha value is -3.92. The quantitative estimate of drug-likeness (QED) is 0.342. The first kappa shape index (κ1) is 24.2. The van der Waals surface area contributed by atoms with Crippen molar-refractivity contribution in [1.82, 2.24) is 9.97 Å². The lowest BCUT2D eigenvalue weighted by atomic mass is 10.1. The molecule has 0 fully saturated rings. The zero-order valence-electron chi connectivity index (χ0n) is 18.7. The van der Waals surface area contributed by atoms with Gasteiger partial charge in [0, 0.05) is 29.1 Å². The molecule has 0 aliphatic rings. The third-order valence-corrected chi connectivity index (χ3v) is 6.14. The van der Waals surface area contributed by atoms with Crippen molar-refractivity contribution in [2.45, 2.75) is 18.2 Å². The van der Waals surface area contributed by atoms with Gasteiger partial charge in [0.15, 0.2) is 15.7 Å². The lowest BCUT2D eigenvalue weighted by Crippen LogP contribution is -2.16. The first-order chi connectivity index (χ1) is 16.5. The average Bonchev–Trinajstić information content (AvgIpc) is 2.79. The SMILES string of the molecule is Cc1cc(S(C)(=O)=O)ccc1Nc1cc(-c2ccc(OC(F)(F)F)cc2)nc(-c2ccccc2)n1. The van der Waals surface area contributed by atoms with Gasteiger partial charge >= 0.3 is 6.36 Å². The van der Waals surface area contributed by atoms with E-state index in [0.717, 1.165) is 11.8 Å². The molecule has 1 N–H and O–H groups in total. The Kier molecular flexibility index (Phi) is 6.49. The zero-order valence-corrected chi connectivity index (χ0v) is 19.5. The van der Waals surface area contributed by atoms with Gasteiger partial charge in [-0.15, -0.1) is 13.2 Å². The van der Waals surface area contributed by atoms with Crippen LogP contribution in [0.15, 0.2) is 83.8 Å². The molecule has 180 valence electrons. The second-order valence-electron chi connectivity index (χ2n) is 7.77. The number of rotatable bonds is 6. The standard InChI is InChI=1S/C25H20F3N3O3S/c1-16-14-20(35(2,32)33)12-13-21(16)29-23-15-22(30-24(31-23)18-6-4-3-5-7-18)17-8-10-19(11-9-17)34-25(26,27)28/h3-15H,1-2H3,(H,29,30,31). The summed E-state index contributed by atoms with van der Waals surface area (Å²) in [6, 6.07) is 21.0. The van der Waals surface area contributed by atoms with Gasteiger partial charge in [-0.25, -0.2) is 18.4 Å². The van der Waals surface area contributed by atoms with E-state index >= 15 is 0 Å². The van der Waals surface area contributed by atoms with E-state index in [4.69, 9.17) is 0 Å². The van der Waals surface area contributed by atoms with E-state index < -0.39 is 16.2 Å². The van der Waals surface area contributed by atoms with Crippen molar-refractivity contribution in [2.24, 2.45) is 0 Å². The fourth-order valence-corrected chi connectivity index (χ4v) is 4.05. The summed E-state index contributed by atoms with van der Waals surface area (Å²) in [6.07, 6.45) is -3.64. The van der Waals surface area contributed by atoms with E-state index in [2.05, 4.69) is 20.0 Å². The molecule has 4 rings (SSSR count). The van der Waals surface area contributed by atoms with Gasteiger partial charge in [-0.2, -0.15) is 0 Å². The van der Waals surface area contributed by atoms with Crippen LogP contribution in [0.5, 0.6) is 5.75 Å². The summed E-state index contributed by atoms with van der Waals surface area (Å²) in [5, 5.41) is 3.19. The molecule has 10 heteroatoms. The highest BCUT2D eigenvalue weighted by molar-refractivity contribution is 7.90. The van der Waals surface area contributed by atoms with Crippen molar-refractivity contribution in [1.29, 1.82) is 0 Å². The van der Waals surface area contributed by atoms with Crippen LogP contribution < -0.4 is 10.1 Å². The van der Waals surface area contributed by atoms with Crippen molar-refractivity contribution < 1.29 is 26.3 Å². The number of hydrogen-bond donors (Lipinski definition) is 1. The molecule has 0 radical (unpaired) electrons. The molecule has 6 nitrogen and oxygen atoms in total. The predicted molar refractivity (Wildman–Crippen MR) is 127 cm³/mol. The van der Waals surface area contributed by atoms with Crippen molar-refractivity contribution in [3.8, 4) is 28.4 Å². The van der Waals surface area contributed by atoms with Crippen molar-refractivity contribution in [3.63, 3.8) is 0 Å². The minimum atomic E-state index is -4.78. The number of nitrogens with zero attached hydrogens (tertiary/aromatic N) is 2. The molecule has 0 saturated heterocycles. The average molecular weight is 500 g/mol. The topological polar surface area (TPSA) is 81.2 Å². The Morgan fingerprint density at radius 1 is 0.857 bits per heavy atom. The fourth-order valence-electron chi connectivity index (χ4n) is 3.35. The first-order valence-corrected chi connectivity index (χ1v) is 12.3. The molecule has 0 atom stereocenters. The molecule has 0 aliphatic heterocycles.